The van der Waals surface area contributed by atoms with Crippen molar-refractivity contribution in [3.63, 3.8) is 0 Å². The SMILES string of the molecule is CCC(C)NCCCCn1ccnc1. The van der Waals surface area contributed by atoms with Crippen molar-refractivity contribution >= 4 is 0 Å². The normalized spacial score (nSPS) is 13.0. The summed E-state index contributed by atoms with van der Waals surface area (Å²) in [4.78, 5) is 4.01. The average Bonchev–Trinajstić information content (AvgIpc) is 2.69. The summed E-state index contributed by atoms with van der Waals surface area (Å²) >= 11 is 0. The number of aryl methyl sites for hydroxylation is 1. The zero-order valence-electron chi connectivity index (χ0n) is 9.24. The molecular weight excluding hydrogens is 174 g/mol. The van der Waals surface area contributed by atoms with Gasteiger partial charge in [-0.15, -0.1) is 0 Å². The van der Waals surface area contributed by atoms with Crippen molar-refractivity contribution in [1.29, 1.82) is 0 Å². The fraction of sp³-hybridized carbons (Fsp3) is 0.727. The molecule has 80 valence electrons. The molecule has 1 unspecified atom stereocenters. The number of hydrogen-bond acceptors (Lipinski definition) is 2. The maximum atomic E-state index is 4.01. The van der Waals surface area contributed by atoms with Gasteiger partial charge in [0.05, 0.1) is 6.33 Å². The molecule has 1 aromatic rings. The Morgan fingerprint density at radius 3 is 2.93 bits per heavy atom. The molecule has 0 aromatic carbocycles. The Morgan fingerprint density at radius 2 is 2.29 bits per heavy atom. The van der Waals surface area contributed by atoms with Crippen LogP contribution in [-0.4, -0.2) is 22.1 Å². The highest BCUT2D eigenvalue weighted by Crippen LogP contribution is 1.95. The van der Waals surface area contributed by atoms with Crippen LogP contribution in [0.15, 0.2) is 18.7 Å². The first-order valence-corrected chi connectivity index (χ1v) is 5.52. The van der Waals surface area contributed by atoms with Crippen LogP contribution in [0.1, 0.15) is 33.1 Å². The van der Waals surface area contributed by atoms with E-state index in [9.17, 15) is 0 Å². The molecule has 1 N–H and O–H groups in total. The smallest absolute Gasteiger partial charge is 0.0945 e. The van der Waals surface area contributed by atoms with Crippen LogP contribution >= 0.6 is 0 Å². The van der Waals surface area contributed by atoms with Gasteiger partial charge < -0.3 is 9.88 Å². The Bertz CT molecular complexity index is 218. The number of nitrogens with one attached hydrogen (secondary N) is 1. The van der Waals surface area contributed by atoms with E-state index in [4.69, 9.17) is 0 Å². The summed E-state index contributed by atoms with van der Waals surface area (Å²) in [5, 5.41) is 3.49. The largest absolute Gasteiger partial charge is 0.337 e. The van der Waals surface area contributed by atoms with Gasteiger partial charge in [-0.3, -0.25) is 0 Å². The van der Waals surface area contributed by atoms with E-state index in [2.05, 4.69) is 28.7 Å². The molecule has 0 aliphatic carbocycles. The van der Waals surface area contributed by atoms with E-state index in [-0.39, 0.29) is 0 Å². The monoisotopic (exact) mass is 195 g/mol. The van der Waals surface area contributed by atoms with Crippen molar-refractivity contribution in [2.24, 2.45) is 0 Å². The second-order valence-corrected chi connectivity index (χ2v) is 3.77. The molecule has 1 rings (SSSR count). The molecule has 0 radical (unpaired) electrons. The summed E-state index contributed by atoms with van der Waals surface area (Å²) < 4.78 is 2.13. The Morgan fingerprint density at radius 1 is 1.43 bits per heavy atom. The quantitative estimate of drug-likeness (QED) is 0.675. The first kappa shape index (κ1) is 11.2. The van der Waals surface area contributed by atoms with Gasteiger partial charge in [0.15, 0.2) is 0 Å². The van der Waals surface area contributed by atoms with Crippen LogP contribution in [0.4, 0.5) is 0 Å². The van der Waals surface area contributed by atoms with Crippen molar-refractivity contribution in [2.75, 3.05) is 6.54 Å². The fourth-order valence-corrected chi connectivity index (χ4v) is 1.33. The summed E-state index contributed by atoms with van der Waals surface area (Å²) in [7, 11) is 0. The lowest BCUT2D eigenvalue weighted by Gasteiger charge is -2.10. The molecule has 1 heterocycles. The molecule has 0 saturated heterocycles. The molecule has 3 nitrogen and oxygen atoms in total. The molecule has 14 heavy (non-hydrogen) atoms. The zero-order chi connectivity index (χ0) is 10.2. The van der Waals surface area contributed by atoms with Gasteiger partial charge in [0.2, 0.25) is 0 Å². The average molecular weight is 195 g/mol. The van der Waals surface area contributed by atoms with Crippen LogP contribution in [-0.2, 0) is 6.54 Å². The van der Waals surface area contributed by atoms with Crippen LogP contribution in [0.25, 0.3) is 0 Å². The number of hydrogen-bond donors (Lipinski definition) is 1. The number of imidazole rings is 1. The van der Waals surface area contributed by atoms with E-state index in [0.717, 1.165) is 13.1 Å². The predicted molar refractivity (Wildman–Crippen MR) is 59.2 cm³/mol. The number of rotatable bonds is 7. The first-order valence-electron chi connectivity index (χ1n) is 5.52. The predicted octanol–water partition coefficient (Wildman–Crippen LogP) is 2.05. The minimum absolute atomic E-state index is 0.656. The summed E-state index contributed by atoms with van der Waals surface area (Å²) in [5.74, 6) is 0. The molecule has 0 aliphatic rings. The summed E-state index contributed by atoms with van der Waals surface area (Å²) in [5.41, 5.74) is 0. The van der Waals surface area contributed by atoms with Crippen LogP contribution in [0, 0.1) is 0 Å². The lowest BCUT2D eigenvalue weighted by Crippen LogP contribution is -2.26. The third kappa shape index (κ3) is 4.42. The van der Waals surface area contributed by atoms with E-state index < -0.39 is 0 Å². The molecule has 0 fully saturated rings. The van der Waals surface area contributed by atoms with Crippen LogP contribution < -0.4 is 5.32 Å². The van der Waals surface area contributed by atoms with E-state index in [1.54, 1.807) is 0 Å². The number of nitrogens with zero attached hydrogens (tertiary/aromatic N) is 2. The second-order valence-electron chi connectivity index (χ2n) is 3.77. The van der Waals surface area contributed by atoms with Gasteiger partial charge in [0.25, 0.3) is 0 Å². The van der Waals surface area contributed by atoms with Gasteiger partial charge in [-0.05, 0) is 32.7 Å². The Labute approximate surface area is 86.5 Å². The zero-order valence-corrected chi connectivity index (χ0v) is 9.24. The highest BCUT2D eigenvalue weighted by molar-refractivity contribution is 4.73. The third-order valence-corrected chi connectivity index (χ3v) is 2.51. The minimum Gasteiger partial charge on any atom is -0.337 e. The summed E-state index contributed by atoms with van der Waals surface area (Å²) in [6.07, 6.45) is 9.39. The number of aromatic nitrogens is 2. The molecule has 0 saturated carbocycles. The van der Waals surface area contributed by atoms with E-state index in [1.165, 1.54) is 19.3 Å². The maximum Gasteiger partial charge on any atom is 0.0945 e. The summed E-state index contributed by atoms with van der Waals surface area (Å²) in [6, 6.07) is 0.656. The molecule has 1 aromatic heterocycles. The van der Waals surface area contributed by atoms with Gasteiger partial charge in [0, 0.05) is 25.0 Å². The molecule has 0 bridgehead atoms. The third-order valence-electron chi connectivity index (χ3n) is 2.51. The first-order chi connectivity index (χ1) is 6.83. The van der Waals surface area contributed by atoms with Crippen LogP contribution in [0.5, 0.6) is 0 Å². The lowest BCUT2D eigenvalue weighted by atomic mass is 10.2. The van der Waals surface area contributed by atoms with Crippen molar-refractivity contribution < 1.29 is 0 Å². The van der Waals surface area contributed by atoms with Crippen molar-refractivity contribution in [1.82, 2.24) is 14.9 Å². The van der Waals surface area contributed by atoms with Crippen molar-refractivity contribution in [3.8, 4) is 0 Å². The highest BCUT2D eigenvalue weighted by Gasteiger charge is 1.96. The minimum atomic E-state index is 0.656. The van der Waals surface area contributed by atoms with E-state index in [0.29, 0.717) is 6.04 Å². The van der Waals surface area contributed by atoms with Gasteiger partial charge in [-0.25, -0.2) is 4.98 Å². The van der Waals surface area contributed by atoms with Gasteiger partial charge in [-0.2, -0.15) is 0 Å². The second kappa shape index (κ2) is 6.60. The molecule has 0 amide bonds. The van der Waals surface area contributed by atoms with E-state index in [1.807, 2.05) is 18.7 Å². The van der Waals surface area contributed by atoms with Crippen molar-refractivity contribution in [3.05, 3.63) is 18.7 Å². The van der Waals surface area contributed by atoms with Crippen LogP contribution in [0.3, 0.4) is 0 Å². The number of unbranched alkanes of at least 4 members (excludes halogenated alkanes) is 1. The standard InChI is InChI=1S/C11H21N3/c1-3-11(2)13-6-4-5-8-14-9-7-12-10-14/h7,9-11,13H,3-6,8H2,1-2H3. The maximum absolute atomic E-state index is 4.01. The Hall–Kier alpha value is -0.830. The molecule has 0 aliphatic heterocycles. The molecular formula is C11H21N3. The van der Waals surface area contributed by atoms with Gasteiger partial charge in [0.1, 0.15) is 0 Å². The Balaban J connectivity index is 1.95. The van der Waals surface area contributed by atoms with Crippen molar-refractivity contribution in [2.45, 2.75) is 45.7 Å². The fourth-order valence-electron chi connectivity index (χ4n) is 1.33. The lowest BCUT2D eigenvalue weighted by molar-refractivity contribution is 0.501. The highest BCUT2D eigenvalue weighted by atomic mass is 15.0. The van der Waals surface area contributed by atoms with E-state index >= 15 is 0 Å². The molecule has 0 spiro atoms. The van der Waals surface area contributed by atoms with Gasteiger partial charge >= 0.3 is 0 Å². The summed E-state index contributed by atoms with van der Waals surface area (Å²) in [6.45, 7) is 6.66. The topological polar surface area (TPSA) is 29.9 Å². The van der Waals surface area contributed by atoms with Gasteiger partial charge in [-0.1, -0.05) is 6.92 Å². The molecule has 3 heteroatoms. The Kier molecular flexibility index (Phi) is 5.30. The van der Waals surface area contributed by atoms with Crippen LogP contribution in [0.2, 0.25) is 0 Å². The molecule has 1 atom stereocenters.